The van der Waals surface area contributed by atoms with Gasteiger partial charge in [-0.05, 0) is 92.3 Å². The van der Waals surface area contributed by atoms with Crippen LogP contribution in [0.5, 0.6) is 11.5 Å². The van der Waals surface area contributed by atoms with E-state index in [1.807, 2.05) is 19.1 Å². The van der Waals surface area contributed by atoms with Gasteiger partial charge in [0, 0.05) is 6.61 Å². The van der Waals surface area contributed by atoms with Crippen LogP contribution in [0.1, 0.15) is 73.1 Å². The topological polar surface area (TPSA) is 71.1 Å². The van der Waals surface area contributed by atoms with E-state index in [0.717, 1.165) is 30.4 Å². The first-order chi connectivity index (χ1) is 22.6. The Hall–Kier alpha value is -4.13. The highest BCUT2D eigenvalue weighted by Gasteiger charge is 2.72. The molecule has 6 nitrogen and oxygen atoms in total. The summed E-state index contributed by atoms with van der Waals surface area (Å²) in [6.07, 6.45) is -2.75. The summed E-state index contributed by atoms with van der Waals surface area (Å²) in [4.78, 5) is 25.0. The molecule has 0 heterocycles. The van der Waals surface area contributed by atoms with E-state index >= 15 is 0 Å². The third-order valence-electron chi connectivity index (χ3n) is 7.18. The molecule has 3 aromatic carbocycles. The zero-order valence-corrected chi connectivity index (χ0v) is 26.5. The number of benzene rings is 3. The van der Waals surface area contributed by atoms with Crippen molar-refractivity contribution in [3.8, 4) is 22.6 Å². The second-order valence-corrected chi connectivity index (χ2v) is 11.1. The second kappa shape index (κ2) is 17.3. The number of unbranched alkanes of at least 4 members (excludes halogenated alkanes) is 3. The average molecular weight is 687 g/mol. The SMILES string of the molecule is CCCCC(C)OC(=O)c1ccc(-c2ccc(OC(=O)c3ccc(OCCCCCOCC(F)(F)C(F)(F)C(F)(F)F)cc3)cc2)cc1. The quantitative estimate of drug-likeness (QED) is 0.0575. The number of ether oxygens (including phenoxy) is 4. The summed E-state index contributed by atoms with van der Waals surface area (Å²) >= 11 is 0. The Morgan fingerprint density at radius 1 is 0.667 bits per heavy atom. The van der Waals surface area contributed by atoms with Crippen LogP contribution in [-0.2, 0) is 9.47 Å². The lowest BCUT2D eigenvalue weighted by atomic mass is 10.0. The molecule has 0 amide bonds. The number of carbonyl (C=O) groups excluding carboxylic acids is 2. The molecule has 0 spiro atoms. The van der Waals surface area contributed by atoms with E-state index in [0.29, 0.717) is 29.9 Å². The molecule has 0 saturated carbocycles. The van der Waals surface area contributed by atoms with Crippen LogP contribution in [0.2, 0.25) is 0 Å². The van der Waals surface area contributed by atoms with Crippen molar-refractivity contribution in [3.63, 3.8) is 0 Å². The van der Waals surface area contributed by atoms with E-state index in [-0.39, 0.29) is 30.7 Å². The number of alkyl halides is 7. The van der Waals surface area contributed by atoms with Crippen LogP contribution in [0.15, 0.2) is 72.8 Å². The zero-order chi connectivity index (χ0) is 35.4. The summed E-state index contributed by atoms with van der Waals surface area (Å²) in [7, 11) is 0. The van der Waals surface area contributed by atoms with E-state index in [4.69, 9.17) is 14.2 Å². The fraction of sp³-hybridized carbons (Fsp3) is 0.429. The maximum absolute atomic E-state index is 13.2. The smallest absolute Gasteiger partial charge is 0.459 e. The molecule has 3 aromatic rings. The molecular weight excluding hydrogens is 649 g/mol. The zero-order valence-electron chi connectivity index (χ0n) is 26.5. The number of hydrogen-bond donors (Lipinski definition) is 0. The molecule has 1 atom stereocenters. The molecule has 0 aliphatic carbocycles. The van der Waals surface area contributed by atoms with E-state index in [2.05, 4.69) is 11.7 Å². The minimum atomic E-state index is -6.38. The fourth-order valence-electron chi connectivity index (χ4n) is 4.34. The minimum Gasteiger partial charge on any atom is -0.494 e. The van der Waals surface area contributed by atoms with Crippen molar-refractivity contribution >= 4 is 11.9 Å². The lowest BCUT2D eigenvalue weighted by Gasteiger charge is -2.27. The predicted molar refractivity (Wildman–Crippen MR) is 164 cm³/mol. The van der Waals surface area contributed by atoms with Crippen molar-refractivity contribution in [2.45, 2.75) is 76.5 Å². The Balaban J connectivity index is 1.37. The van der Waals surface area contributed by atoms with Gasteiger partial charge in [0.1, 0.15) is 18.1 Å². The first-order valence-electron chi connectivity index (χ1n) is 15.4. The highest BCUT2D eigenvalue weighted by molar-refractivity contribution is 5.91. The Morgan fingerprint density at radius 2 is 1.19 bits per heavy atom. The molecule has 3 rings (SSSR count). The van der Waals surface area contributed by atoms with Gasteiger partial charge in [0.2, 0.25) is 0 Å². The van der Waals surface area contributed by atoms with Crippen LogP contribution in [0.25, 0.3) is 11.1 Å². The number of esters is 2. The van der Waals surface area contributed by atoms with Crippen molar-refractivity contribution < 1.29 is 59.3 Å². The number of hydrogen-bond acceptors (Lipinski definition) is 6. The molecule has 0 N–H and O–H groups in total. The predicted octanol–water partition coefficient (Wildman–Crippen LogP) is 9.71. The maximum atomic E-state index is 13.2. The van der Waals surface area contributed by atoms with E-state index in [9.17, 15) is 40.3 Å². The summed E-state index contributed by atoms with van der Waals surface area (Å²) in [6, 6.07) is 20.0. The van der Waals surface area contributed by atoms with Crippen molar-refractivity contribution in [1.82, 2.24) is 0 Å². The van der Waals surface area contributed by atoms with Crippen molar-refractivity contribution in [3.05, 3.63) is 83.9 Å². The lowest BCUT2D eigenvalue weighted by Crippen LogP contribution is -2.54. The van der Waals surface area contributed by atoms with Gasteiger partial charge in [-0.2, -0.15) is 30.7 Å². The molecule has 1 unspecified atom stereocenters. The Bertz CT molecular complexity index is 1440. The van der Waals surface area contributed by atoms with Crippen LogP contribution in [0.4, 0.5) is 30.7 Å². The third-order valence-corrected chi connectivity index (χ3v) is 7.18. The summed E-state index contributed by atoms with van der Waals surface area (Å²) in [6.45, 7) is 1.68. The summed E-state index contributed by atoms with van der Waals surface area (Å²) in [5.41, 5.74) is 2.45. The molecule has 13 heteroatoms. The van der Waals surface area contributed by atoms with Gasteiger partial charge in [0.05, 0.1) is 23.8 Å². The molecule has 0 bridgehead atoms. The highest BCUT2D eigenvalue weighted by atomic mass is 19.4. The molecule has 0 aromatic heterocycles. The van der Waals surface area contributed by atoms with Gasteiger partial charge in [0.15, 0.2) is 0 Å². The van der Waals surface area contributed by atoms with Gasteiger partial charge in [-0.15, -0.1) is 0 Å². The third kappa shape index (κ3) is 11.0. The van der Waals surface area contributed by atoms with Crippen molar-refractivity contribution in [1.29, 1.82) is 0 Å². The number of halogens is 7. The first kappa shape index (κ1) is 38.3. The van der Waals surface area contributed by atoms with Crippen LogP contribution >= 0.6 is 0 Å². The van der Waals surface area contributed by atoms with Crippen LogP contribution in [-0.4, -0.2) is 55.9 Å². The van der Waals surface area contributed by atoms with Gasteiger partial charge in [-0.25, -0.2) is 9.59 Å². The fourth-order valence-corrected chi connectivity index (χ4v) is 4.34. The number of carbonyl (C=O) groups is 2. The molecular formula is C35H37F7O6. The standard InChI is InChI=1S/C35H37F7O6/c1-3-4-8-24(2)47-31(43)27-11-9-25(10-12-27)26-13-19-30(20-14-26)48-32(44)28-15-17-29(18-16-28)46-22-7-5-6-21-45-23-33(36,37)34(38,39)35(40,41)42/h9-20,24H,3-8,21-23H2,1-2H3. The Labute approximate surface area is 274 Å². The van der Waals surface area contributed by atoms with Gasteiger partial charge in [0.25, 0.3) is 0 Å². The van der Waals surface area contributed by atoms with Crippen LogP contribution in [0, 0.1) is 0 Å². The normalized spacial score (nSPS) is 12.8. The van der Waals surface area contributed by atoms with Crippen molar-refractivity contribution in [2.24, 2.45) is 0 Å². The first-order valence-corrected chi connectivity index (χ1v) is 15.4. The van der Waals surface area contributed by atoms with Gasteiger partial charge < -0.3 is 18.9 Å². The molecule has 48 heavy (non-hydrogen) atoms. The minimum absolute atomic E-state index is 0.143. The largest absolute Gasteiger partial charge is 0.494 e. The molecule has 0 fully saturated rings. The van der Waals surface area contributed by atoms with Crippen LogP contribution in [0.3, 0.4) is 0 Å². The van der Waals surface area contributed by atoms with E-state index < -0.39 is 37.2 Å². The molecule has 0 aliphatic heterocycles. The summed E-state index contributed by atoms with van der Waals surface area (Å²) in [5.74, 6) is -11.8. The summed E-state index contributed by atoms with van der Waals surface area (Å²) < 4.78 is 109. The van der Waals surface area contributed by atoms with E-state index in [1.54, 1.807) is 48.5 Å². The summed E-state index contributed by atoms with van der Waals surface area (Å²) in [5, 5.41) is 0. The van der Waals surface area contributed by atoms with Crippen LogP contribution < -0.4 is 9.47 Å². The molecule has 0 aliphatic rings. The Morgan fingerprint density at radius 3 is 1.77 bits per heavy atom. The lowest BCUT2D eigenvalue weighted by molar-refractivity contribution is -0.361. The molecule has 0 saturated heterocycles. The Kier molecular flexibility index (Phi) is 13.8. The van der Waals surface area contributed by atoms with Gasteiger partial charge >= 0.3 is 30.0 Å². The molecule has 262 valence electrons. The molecule has 0 radical (unpaired) electrons. The van der Waals surface area contributed by atoms with Gasteiger partial charge in [-0.1, -0.05) is 44.0 Å². The second-order valence-electron chi connectivity index (χ2n) is 11.1. The average Bonchev–Trinajstić information content (AvgIpc) is 3.05. The maximum Gasteiger partial charge on any atom is 0.459 e. The number of rotatable bonds is 18. The van der Waals surface area contributed by atoms with E-state index in [1.165, 1.54) is 12.1 Å². The monoisotopic (exact) mass is 686 g/mol. The van der Waals surface area contributed by atoms with Crippen molar-refractivity contribution in [2.75, 3.05) is 19.8 Å². The highest BCUT2D eigenvalue weighted by Crippen LogP contribution is 2.46. The van der Waals surface area contributed by atoms with Gasteiger partial charge in [-0.3, -0.25) is 0 Å².